The van der Waals surface area contributed by atoms with Crippen LogP contribution in [0.2, 0.25) is 10.0 Å². The van der Waals surface area contributed by atoms with Gasteiger partial charge in [0.25, 0.3) is 0 Å². The third-order valence-corrected chi connectivity index (χ3v) is 4.04. The zero-order chi connectivity index (χ0) is 14.1. The van der Waals surface area contributed by atoms with Crippen LogP contribution in [0.4, 0.5) is 5.69 Å². The van der Waals surface area contributed by atoms with Crippen LogP contribution in [-0.2, 0) is 6.42 Å². The second kappa shape index (κ2) is 5.55. The molecule has 1 aliphatic rings. The van der Waals surface area contributed by atoms with Crippen LogP contribution in [0.3, 0.4) is 0 Å². The van der Waals surface area contributed by atoms with E-state index in [0.29, 0.717) is 0 Å². The molecule has 1 N–H and O–H groups in total. The molecule has 0 saturated heterocycles. The van der Waals surface area contributed by atoms with Crippen LogP contribution < -0.4 is 10.1 Å². The molecule has 2 aromatic carbocycles. The SMILES string of the molecule is Cc1cccc(Cl)c1NCC1Cc2cc(Cl)ccc2O1. The van der Waals surface area contributed by atoms with E-state index in [4.69, 9.17) is 27.9 Å². The van der Waals surface area contributed by atoms with Crippen LogP contribution in [0.15, 0.2) is 36.4 Å². The van der Waals surface area contributed by atoms with Gasteiger partial charge in [-0.1, -0.05) is 35.3 Å². The Labute approximate surface area is 128 Å². The predicted octanol–water partition coefficient (Wildman–Crippen LogP) is 4.72. The zero-order valence-corrected chi connectivity index (χ0v) is 12.6. The third kappa shape index (κ3) is 2.72. The summed E-state index contributed by atoms with van der Waals surface area (Å²) < 4.78 is 5.90. The molecule has 20 heavy (non-hydrogen) atoms. The fraction of sp³-hybridized carbons (Fsp3) is 0.250. The number of hydrogen-bond acceptors (Lipinski definition) is 2. The highest BCUT2D eigenvalue weighted by atomic mass is 35.5. The molecule has 0 aromatic heterocycles. The average Bonchev–Trinajstić information content (AvgIpc) is 2.80. The van der Waals surface area contributed by atoms with Gasteiger partial charge in [-0.15, -0.1) is 0 Å². The topological polar surface area (TPSA) is 21.3 Å². The Morgan fingerprint density at radius 3 is 2.90 bits per heavy atom. The fourth-order valence-corrected chi connectivity index (χ4v) is 2.96. The minimum atomic E-state index is 0.110. The van der Waals surface area contributed by atoms with E-state index in [1.165, 1.54) is 5.56 Å². The fourth-order valence-electron chi connectivity index (χ4n) is 2.47. The lowest BCUT2D eigenvalue weighted by Gasteiger charge is -2.15. The van der Waals surface area contributed by atoms with E-state index in [0.717, 1.165) is 40.0 Å². The normalized spacial score (nSPS) is 16.6. The summed E-state index contributed by atoms with van der Waals surface area (Å²) in [5.41, 5.74) is 3.28. The summed E-state index contributed by atoms with van der Waals surface area (Å²) in [6.45, 7) is 2.76. The second-order valence-corrected chi connectivity index (χ2v) is 5.85. The van der Waals surface area contributed by atoms with Gasteiger partial charge in [0.05, 0.1) is 17.3 Å². The molecule has 0 aliphatic carbocycles. The summed E-state index contributed by atoms with van der Waals surface area (Å²) >= 11 is 12.2. The van der Waals surface area contributed by atoms with Crippen molar-refractivity contribution in [2.75, 3.05) is 11.9 Å². The van der Waals surface area contributed by atoms with Crippen LogP contribution in [0.1, 0.15) is 11.1 Å². The standard InChI is InChI=1S/C16H15Cl2NO/c1-10-3-2-4-14(18)16(10)19-9-13-8-11-7-12(17)5-6-15(11)20-13/h2-7,13,19H,8-9H2,1H3. The summed E-state index contributed by atoms with van der Waals surface area (Å²) in [6.07, 6.45) is 0.978. The van der Waals surface area contributed by atoms with Crippen molar-refractivity contribution >= 4 is 28.9 Å². The maximum Gasteiger partial charge on any atom is 0.123 e. The Hall–Kier alpha value is -1.38. The lowest BCUT2D eigenvalue weighted by atomic mass is 10.1. The number of fused-ring (bicyclic) bond motifs is 1. The largest absolute Gasteiger partial charge is 0.488 e. The molecule has 1 heterocycles. The molecule has 104 valence electrons. The first kappa shape index (κ1) is 13.6. The molecule has 0 fully saturated rings. The number of hydrogen-bond donors (Lipinski definition) is 1. The van der Waals surface area contributed by atoms with E-state index in [1.54, 1.807) is 0 Å². The van der Waals surface area contributed by atoms with Crippen molar-refractivity contribution in [3.8, 4) is 5.75 Å². The highest BCUT2D eigenvalue weighted by Crippen LogP contribution is 2.32. The number of benzene rings is 2. The van der Waals surface area contributed by atoms with Gasteiger partial charge in [-0.3, -0.25) is 0 Å². The summed E-state index contributed by atoms with van der Waals surface area (Å²) in [7, 11) is 0. The lowest BCUT2D eigenvalue weighted by molar-refractivity contribution is 0.246. The molecule has 2 aromatic rings. The van der Waals surface area contributed by atoms with Crippen molar-refractivity contribution in [2.24, 2.45) is 0 Å². The number of ether oxygens (including phenoxy) is 1. The molecular weight excluding hydrogens is 293 g/mol. The molecule has 0 saturated carbocycles. The molecule has 4 heteroatoms. The number of anilines is 1. The van der Waals surface area contributed by atoms with Gasteiger partial charge in [0.2, 0.25) is 0 Å². The third-order valence-electron chi connectivity index (χ3n) is 3.49. The monoisotopic (exact) mass is 307 g/mol. The Morgan fingerprint density at radius 1 is 1.25 bits per heavy atom. The van der Waals surface area contributed by atoms with E-state index in [-0.39, 0.29) is 6.10 Å². The molecule has 0 radical (unpaired) electrons. The zero-order valence-electron chi connectivity index (χ0n) is 11.1. The number of aryl methyl sites for hydroxylation is 1. The van der Waals surface area contributed by atoms with Crippen molar-refractivity contribution < 1.29 is 4.74 Å². The number of rotatable bonds is 3. The summed E-state index contributed by atoms with van der Waals surface area (Å²) in [5, 5.41) is 4.87. The van der Waals surface area contributed by atoms with Crippen molar-refractivity contribution in [1.29, 1.82) is 0 Å². The second-order valence-electron chi connectivity index (χ2n) is 5.01. The average molecular weight is 308 g/mol. The molecular formula is C16H15Cl2NO. The summed E-state index contributed by atoms with van der Waals surface area (Å²) in [4.78, 5) is 0. The van der Waals surface area contributed by atoms with Crippen molar-refractivity contribution in [1.82, 2.24) is 0 Å². The van der Waals surface area contributed by atoms with E-state index in [2.05, 4.69) is 5.32 Å². The molecule has 1 atom stereocenters. The quantitative estimate of drug-likeness (QED) is 0.886. The molecule has 1 aliphatic heterocycles. The van der Waals surface area contributed by atoms with E-state index in [9.17, 15) is 0 Å². The van der Waals surface area contributed by atoms with Crippen LogP contribution in [0.5, 0.6) is 5.75 Å². The van der Waals surface area contributed by atoms with Gasteiger partial charge < -0.3 is 10.1 Å². The minimum Gasteiger partial charge on any atom is -0.488 e. The summed E-state index contributed by atoms with van der Waals surface area (Å²) in [6, 6.07) is 11.6. The minimum absolute atomic E-state index is 0.110. The molecule has 0 spiro atoms. The van der Waals surface area contributed by atoms with Gasteiger partial charge in [-0.05, 0) is 42.3 Å². The first-order valence-corrected chi connectivity index (χ1v) is 7.33. The highest BCUT2D eigenvalue weighted by Gasteiger charge is 2.23. The molecule has 1 unspecified atom stereocenters. The van der Waals surface area contributed by atoms with Crippen LogP contribution >= 0.6 is 23.2 Å². The van der Waals surface area contributed by atoms with Gasteiger partial charge in [-0.2, -0.15) is 0 Å². The molecule has 0 amide bonds. The number of para-hydroxylation sites is 1. The van der Waals surface area contributed by atoms with Gasteiger partial charge in [-0.25, -0.2) is 0 Å². The molecule has 2 nitrogen and oxygen atoms in total. The van der Waals surface area contributed by atoms with Crippen LogP contribution in [-0.4, -0.2) is 12.6 Å². The van der Waals surface area contributed by atoms with Gasteiger partial charge in [0.1, 0.15) is 11.9 Å². The number of nitrogens with one attached hydrogen (secondary N) is 1. The number of halogens is 2. The predicted molar refractivity (Wildman–Crippen MR) is 84.3 cm³/mol. The van der Waals surface area contributed by atoms with Gasteiger partial charge in [0.15, 0.2) is 0 Å². The van der Waals surface area contributed by atoms with Crippen molar-refractivity contribution in [2.45, 2.75) is 19.4 Å². The maximum absolute atomic E-state index is 6.20. The molecule has 0 bridgehead atoms. The van der Waals surface area contributed by atoms with Crippen molar-refractivity contribution in [3.63, 3.8) is 0 Å². The van der Waals surface area contributed by atoms with E-state index in [1.807, 2.05) is 43.3 Å². The van der Waals surface area contributed by atoms with Crippen LogP contribution in [0, 0.1) is 6.92 Å². The van der Waals surface area contributed by atoms with Crippen LogP contribution in [0.25, 0.3) is 0 Å². The molecule has 3 rings (SSSR count). The Balaban J connectivity index is 1.67. The van der Waals surface area contributed by atoms with Gasteiger partial charge >= 0.3 is 0 Å². The van der Waals surface area contributed by atoms with E-state index < -0.39 is 0 Å². The smallest absolute Gasteiger partial charge is 0.123 e. The van der Waals surface area contributed by atoms with E-state index >= 15 is 0 Å². The lowest BCUT2D eigenvalue weighted by Crippen LogP contribution is -2.24. The first-order chi connectivity index (χ1) is 9.63. The van der Waals surface area contributed by atoms with Crippen molar-refractivity contribution in [3.05, 3.63) is 57.6 Å². The summed E-state index contributed by atoms with van der Waals surface area (Å²) in [5.74, 6) is 0.928. The maximum atomic E-state index is 6.20. The Kier molecular flexibility index (Phi) is 3.77. The Morgan fingerprint density at radius 2 is 2.10 bits per heavy atom. The highest BCUT2D eigenvalue weighted by molar-refractivity contribution is 6.33. The first-order valence-electron chi connectivity index (χ1n) is 6.57. The Bertz CT molecular complexity index is 622. The van der Waals surface area contributed by atoms with Gasteiger partial charge in [0, 0.05) is 11.4 Å².